The lowest BCUT2D eigenvalue weighted by molar-refractivity contribution is -0.385. The number of rotatable bonds is 3. The third-order valence-corrected chi connectivity index (χ3v) is 4.85. The van der Waals surface area contributed by atoms with E-state index in [4.69, 9.17) is 4.74 Å². The first-order valence-corrected chi connectivity index (χ1v) is 7.89. The van der Waals surface area contributed by atoms with Crippen LogP contribution < -0.4 is 10.1 Å². The molecule has 1 aliphatic carbocycles. The van der Waals surface area contributed by atoms with Crippen LogP contribution in [0.25, 0.3) is 0 Å². The number of benzene rings is 1. The van der Waals surface area contributed by atoms with Crippen molar-refractivity contribution >= 4 is 11.4 Å². The Morgan fingerprint density at radius 1 is 1.38 bits per heavy atom. The molecule has 0 saturated heterocycles. The summed E-state index contributed by atoms with van der Waals surface area (Å²) in [5, 5.41) is 14.8. The summed E-state index contributed by atoms with van der Waals surface area (Å²) in [5.41, 5.74) is 2.78. The number of anilines is 1. The number of allylic oxidation sites excluding steroid dienone is 2. The van der Waals surface area contributed by atoms with E-state index in [2.05, 4.69) is 22.5 Å². The second-order valence-corrected chi connectivity index (χ2v) is 6.10. The Morgan fingerprint density at radius 3 is 2.96 bits per heavy atom. The minimum atomic E-state index is -0.374. The average Bonchev–Trinajstić information content (AvgIpc) is 3.10. The van der Waals surface area contributed by atoms with Crippen LogP contribution in [0.2, 0.25) is 0 Å². The molecule has 6 heteroatoms. The molecule has 0 bridgehead atoms. The topological polar surface area (TPSA) is 77.3 Å². The standard InChI is InChI=1S/C18H17N3O3/c1-24-16-10-11(21(22)23)9-14-12-5-4-6-13(12)17(20-18(14)16)15-7-2-3-8-19-15/h2-5,7-10,12-13,17,20H,6H2,1H3/t12-,13+,17-/m1/s1. The lowest BCUT2D eigenvalue weighted by Crippen LogP contribution is -2.30. The molecule has 3 atom stereocenters. The van der Waals surface area contributed by atoms with E-state index >= 15 is 0 Å². The van der Waals surface area contributed by atoms with E-state index in [0.717, 1.165) is 23.4 Å². The molecule has 0 saturated carbocycles. The molecule has 0 amide bonds. The predicted molar refractivity (Wildman–Crippen MR) is 90.2 cm³/mol. The first-order valence-electron chi connectivity index (χ1n) is 7.89. The molecule has 2 heterocycles. The van der Waals surface area contributed by atoms with Crippen molar-refractivity contribution in [2.45, 2.75) is 18.4 Å². The Kier molecular flexibility index (Phi) is 3.45. The zero-order valence-electron chi connectivity index (χ0n) is 13.2. The first kappa shape index (κ1) is 14.7. The number of hydrogen-bond donors (Lipinski definition) is 1. The summed E-state index contributed by atoms with van der Waals surface area (Å²) < 4.78 is 5.42. The van der Waals surface area contributed by atoms with Gasteiger partial charge >= 0.3 is 0 Å². The van der Waals surface area contributed by atoms with Crippen LogP contribution in [0, 0.1) is 16.0 Å². The summed E-state index contributed by atoms with van der Waals surface area (Å²) in [5.74, 6) is 0.917. The van der Waals surface area contributed by atoms with Gasteiger partial charge in [-0.3, -0.25) is 15.1 Å². The van der Waals surface area contributed by atoms with Crippen molar-refractivity contribution in [3.8, 4) is 5.75 Å². The molecule has 1 aliphatic heterocycles. The molecule has 122 valence electrons. The van der Waals surface area contributed by atoms with Crippen LogP contribution in [0.5, 0.6) is 5.75 Å². The number of non-ortho nitro benzene ring substituents is 1. The van der Waals surface area contributed by atoms with Gasteiger partial charge < -0.3 is 10.1 Å². The van der Waals surface area contributed by atoms with E-state index in [1.807, 2.05) is 18.2 Å². The molecule has 0 fully saturated rings. The normalized spacial score (nSPS) is 24.0. The summed E-state index contributed by atoms with van der Waals surface area (Å²) in [4.78, 5) is 15.4. The van der Waals surface area contributed by atoms with Crippen molar-refractivity contribution < 1.29 is 9.66 Å². The smallest absolute Gasteiger partial charge is 0.273 e. The summed E-state index contributed by atoms with van der Waals surface area (Å²) in [7, 11) is 1.54. The third-order valence-electron chi connectivity index (χ3n) is 4.85. The maximum atomic E-state index is 11.2. The number of nitrogens with one attached hydrogen (secondary N) is 1. The van der Waals surface area contributed by atoms with Crippen LogP contribution in [0.3, 0.4) is 0 Å². The number of nitrogens with zero attached hydrogens (tertiary/aromatic N) is 2. The fraction of sp³-hybridized carbons (Fsp3) is 0.278. The number of aromatic nitrogens is 1. The molecule has 4 rings (SSSR count). The summed E-state index contributed by atoms with van der Waals surface area (Å²) in [6, 6.07) is 9.07. The van der Waals surface area contributed by atoms with Crippen LogP contribution in [-0.4, -0.2) is 17.0 Å². The van der Waals surface area contributed by atoms with Gasteiger partial charge in [0.15, 0.2) is 0 Å². The molecule has 2 aromatic rings. The van der Waals surface area contributed by atoms with Crippen LogP contribution in [-0.2, 0) is 0 Å². The van der Waals surface area contributed by atoms with Crippen LogP contribution in [0.15, 0.2) is 48.7 Å². The van der Waals surface area contributed by atoms with Gasteiger partial charge in [0.25, 0.3) is 5.69 Å². The fourth-order valence-corrected chi connectivity index (χ4v) is 3.77. The molecule has 24 heavy (non-hydrogen) atoms. The van der Waals surface area contributed by atoms with Crippen molar-refractivity contribution in [3.05, 3.63) is 70.1 Å². The Balaban J connectivity index is 1.86. The average molecular weight is 323 g/mol. The minimum Gasteiger partial charge on any atom is -0.494 e. The third kappa shape index (κ3) is 2.22. The SMILES string of the molecule is COc1cc([N+](=O)[O-])cc2c1N[C@@H](c1ccccn1)[C@H]1CC=C[C@@H]21. The molecule has 1 N–H and O–H groups in total. The second kappa shape index (κ2) is 5.63. The fourth-order valence-electron chi connectivity index (χ4n) is 3.77. The van der Waals surface area contributed by atoms with Crippen molar-refractivity contribution in [2.75, 3.05) is 12.4 Å². The zero-order valence-corrected chi connectivity index (χ0v) is 13.2. The van der Waals surface area contributed by atoms with E-state index < -0.39 is 0 Å². The van der Waals surface area contributed by atoms with E-state index in [0.29, 0.717) is 11.7 Å². The Labute approximate surface area is 139 Å². The molecule has 0 unspecified atom stereocenters. The largest absolute Gasteiger partial charge is 0.494 e. The monoisotopic (exact) mass is 323 g/mol. The van der Waals surface area contributed by atoms with E-state index in [1.165, 1.54) is 13.2 Å². The first-order chi connectivity index (χ1) is 11.7. The van der Waals surface area contributed by atoms with Gasteiger partial charge in [-0.2, -0.15) is 0 Å². The van der Waals surface area contributed by atoms with Gasteiger partial charge in [-0.05, 0) is 30.0 Å². The summed E-state index contributed by atoms with van der Waals surface area (Å²) >= 11 is 0. The number of pyridine rings is 1. The predicted octanol–water partition coefficient (Wildman–Crippen LogP) is 3.82. The molecule has 1 aromatic carbocycles. The van der Waals surface area contributed by atoms with Crippen LogP contribution in [0.1, 0.15) is 29.6 Å². The quantitative estimate of drug-likeness (QED) is 0.528. The van der Waals surface area contributed by atoms with Gasteiger partial charge in [0, 0.05) is 18.2 Å². The summed E-state index contributed by atoms with van der Waals surface area (Å²) in [6.45, 7) is 0. The van der Waals surface area contributed by atoms with Crippen molar-refractivity contribution in [2.24, 2.45) is 5.92 Å². The lowest BCUT2D eigenvalue weighted by Gasteiger charge is -2.37. The van der Waals surface area contributed by atoms with E-state index in [1.54, 1.807) is 12.3 Å². The van der Waals surface area contributed by atoms with E-state index in [9.17, 15) is 10.1 Å². The Hall–Kier alpha value is -2.89. The molecule has 2 aliphatic rings. The number of ether oxygens (including phenoxy) is 1. The van der Waals surface area contributed by atoms with Crippen LogP contribution in [0.4, 0.5) is 11.4 Å². The van der Waals surface area contributed by atoms with Gasteiger partial charge in [0.2, 0.25) is 0 Å². The van der Waals surface area contributed by atoms with Crippen molar-refractivity contribution in [1.82, 2.24) is 4.98 Å². The molecule has 6 nitrogen and oxygen atoms in total. The highest BCUT2D eigenvalue weighted by Gasteiger charge is 2.40. The van der Waals surface area contributed by atoms with Gasteiger partial charge in [0.1, 0.15) is 5.75 Å². The van der Waals surface area contributed by atoms with E-state index in [-0.39, 0.29) is 22.6 Å². The van der Waals surface area contributed by atoms with Gasteiger partial charge in [-0.1, -0.05) is 18.2 Å². The number of methoxy groups -OCH3 is 1. The second-order valence-electron chi connectivity index (χ2n) is 6.10. The lowest BCUT2D eigenvalue weighted by atomic mass is 9.78. The van der Waals surface area contributed by atoms with Crippen molar-refractivity contribution in [1.29, 1.82) is 0 Å². The number of hydrogen-bond acceptors (Lipinski definition) is 5. The number of fused-ring (bicyclic) bond motifs is 3. The maximum Gasteiger partial charge on any atom is 0.273 e. The molecule has 0 radical (unpaired) electrons. The number of nitro groups is 1. The van der Waals surface area contributed by atoms with Crippen LogP contribution >= 0.6 is 0 Å². The highest BCUT2D eigenvalue weighted by Crippen LogP contribution is 2.52. The zero-order chi connectivity index (χ0) is 16.7. The Morgan fingerprint density at radius 2 is 2.25 bits per heavy atom. The maximum absolute atomic E-state index is 11.2. The molecule has 0 spiro atoms. The molecular weight excluding hydrogens is 306 g/mol. The van der Waals surface area contributed by atoms with Gasteiger partial charge in [-0.15, -0.1) is 0 Å². The minimum absolute atomic E-state index is 0.0501. The number of nitro benzene ring substituents is 1. The highest BCUT2D eigenvalue weighted by atomic mass is 16.6. The molecule has 1 aromatic heterocycles. The van der Waals surface area contributed by atoms with Crippen molar-refractivity contribution in [3.63, 3.8) is 0 Å². The van der Waals surface area contributed by atoms with Gasteiger partial charge in [0.05, 0.1) is 35.5 Å². The highest BCUT2D eigenvalue weighted by molar-refractivity contribution is 5.70. The summed E-state index contributed by atoms with van der Waals surface area (Å²) in [6.07, 6.45) is 7.00. The Bertz CT molecular complexity index is 820. The molecular formula is C18H17N3O3. The van der Waals surface area contributed by atoms with Gasteiger partial charge in [-0.25, -0.2) is 0 Å².